The first kappa shape index (κ1) is 14.4. The monoisotopic (exact) mass is 372 g/mol. The van der Waals surface area contributed by atoms with E-state index < -0.39 is 5.97 Å². The molecule has 2 rings (SSSR count). The maximum atomic E-state index is 12.2. The standard InChI is InChI=1S/C15H17IO3/c1-3-10-8-13(17)11(9-12(10)16)14(18)19-15(2)6-4-5-7-15/h3,8-9,17H,1,4-7H2,2H3. The molecule has 19 heavy (non-hydrogen) atoms. The van der Waals surface area contributed by atoms with Gasteiger partial charge in [0.05, 0.1) is 0 Å². The predicted molar refractivity (Wildman–Crippen MR) is 83.2 cm³/mol. The summed E-state index contributed by atoms with van der Waals surface area (Å²) in [5, 5.41) is 9.92. The molecule has 3 nitrogen and oxygen atoms in total. The summed E-state index contributed by atoms with van der Waals surface area (Å²) in [6.07, 6.45) is 5.60. The quantitative estimate of drug-likeness (QED) is 0.641. The van der Waals surface area contributed by atoms with E-state index in [1.807, 2.05) is 6.92 Å². The summed E-state index contributed by atoms with van der Waals surface area (Å²) >= 11 is 2.11. The number of hydrogen-bond donors (Lipinski definition) is 1. The van der Waals surface area contributed by atoms with E-state index in [2.05, 4.69) is 29.2 Å². The smallest absolute Gasteiger partial charge is 0.342 e. The molecule has 1 aromatic rings. The summed E-state index contributed by atoms with van der Waals surface area (Å²) in [6, 6.07) is 3.19. The van der Waals surface area contributed by atoms with Gasteiger partial charge in [-0.15, -0.1) is 0 Å². The molecule has 4 heteroatoms. The first-order valence-corrected chi connectivity index (χ1v) is 7.41. The molecule has 0 spiro atoms. The van der Waals surface area contributed by atoms with E-state index >= 15 is 0 Å². The van der Waals surface area contributed by atoms with Gasteiger partial charge in [-0.1, -0.05) is 12.7 Å². The van der Waals surface area contributed by atoms with E-state index in [-0.39, 0.29) is 16.9 Å². The van der Waals surface area contributed by atoms with Gasteiger partial charge < -0.3 is 9.84 Å². The fraction of sp³-hybridized carbons (Fsp3) is 0.400. The van der Waals surface area contributed by atoms with Crippen LogP contribution in [-0.4, -0.2) is 16.7 Å². The molecule has 0 unspecified atom stereocenters. The molecule has 1 N–H and O–H groups in total. The Balaban J connectivity index is 2.24. The molecule has 1 saturated carbocycles. The van der Waals surface area contributed by atoms with Gasteiger partial charge in [0.25, 0.3) is 0 Å². The lowest BCUT2D eigenvalue weighted by Crippen LogP contribution is -2.28. The maximum absolute atomic E-state index is 12.2. The highest BCUT2D eigenvalue weighted by atomic mass is 127. The normalized spacial score (nSPS) is 17.2. The van der Waals surface area contributed by atoms with Crippen molar-refractivity contribution in [3.63, 3.8) is 0 Å². The van der Waals surface area contributed by atoms with Crippen LogP contribution in [-0.2, 0) is 4.74 Å². The number of carbonyl (C=O) groups is 1. The zero-order valence-electron chi connectivity index (χ0n) is 10.9. The van der Waals surface area contributed by atoms with Crippen LogP contribution in [0, 0.1) is 3.57 Å². The Morgan fingerprint density at radius 2 is 2.11 bits per heavy atom. The van der Waals surface area contributed by atoms with Crippen molar-refractivity contribution >= 4 is 34.6 Å². The Kier molecular flexibility index (Phi) is 4.18. The molecule has 1 aromatic carbocycles. The van der Waals surface area contributed by atoms with E-state index in [9.17, 15) is 9.90 Å². The number of rotatable bonds is 3. The van der Waals surface area contributed by atoms with Crippen LogP contribution in [0.5, 0.6) is 5.75 Å². The SMILES string of the molecule is C=Cc1cc(O)c(C(=O)OC2(C)CCCC2)cc1I. The number of benzene rings is 1. The highest BCUT2D eigenvalue weighted by Gasteiger charge is 2.33. The highest BCUT2D eigenvalue weighted by Crippen LogP contribution is 2.34. The number of aromatic hydroxyl groups is 1. The molecule has 0 atom stereocenters. The van der Waals surface area contributed by atoms with Crippen molar-refractivity contribution in [3.05, 3.63) is 33.4 Å². The Morgan fingerprint density at radius 3 is 2.68 bits per heavy atom. The zero-order valence-corrected chi connectivity index (χ0v) is 13.1. The van der Waals surface area contributed by atoms with Crippen LogP contribution < -0.4 is 0 Å². The van der Waals surface area contributed by atoms with Crippen molar-refractivity contribution in [2.45, 2.75) is 38.2 Å². The molecule has 1 fully saturated rings. The number of phenolic OH excluding ortho intramolecular Hbond substituents is 1. The van der Waals surface area contributed by atoms with Crippen LogP contribution in [0.4, 0.5) is 0 Å². The first-order valence-electron chi connectivity index (χ1n) is 6.33. The highest BCUT2D eigenvalue weighted by molar-refractivity contribution is 14.1. The fourth-order valence-electron chi connectivity index (χ4n) is 2.40. The lowest BCUT2D eigenvalue weighted by molar-refractivity contribution is -0.00634. The van der Waals surface area contributed by atoms with Gasteiger partial charge in [0.1, 0.15) is 16.9 Å². The van der Waals surface area contributed by atoms with Crippen molar-refractivity contribution < 1.29 is 14.6 Å². The summed E-state index contributed by atoms with van der Waals surface area (Å²) in [5.41, 5.74) is 0.649. The van der Waals surface area contributed by atoms with Gasteiger partial charge in [0.15, 0.2) is 0 Å². The molecule has 0 aromatic heterocycles. The van der Waals surface area contributed by atoms with Gasteiger partial charge in [0.2, 0.25) is 0 Å². The number of hydrogen-bond acceptors (Lipinski definition) is 3. The lowest BCUT2D eigenvalue weighted by atomic mass is 10.1. The zero-order chi connectivity index (χ0) is 14.0. The molecule has 0 aliphatic heterocycles. The second-order valence-corrected chi connectivity index (χ2v) is 6.30. The molecular formula is C15H17IO3. The van der Waals surface area contributed by atoms with Crippen LogP contribution in [0.2, 0.25) is 0 Å². The molecule has 0 radical (unpaired) electrons. The topological polar surface area (TPSA) is 46.5 Å². The van der Waals surface area contributed by atoms with Crippen LogP contribution >= 0.6 is 22.6 Å². The van der Waals surface area contributed by atoms with Crippen LogP contribution in [0.25, 0.3) is 6.08 Å². The summed E-state index contributed by atoms with van der Waals surface area (Å²) < 4.78 is 6.44. The third-order valence-electron chi connectivity index (χ3n) is 3.56. The van der Waals surface area contributed by atoms with E-state index in [0.717, 1.165) is 34.8 Å². The fourth-order valence-corrected chi connectivity index (χ4v) is 3.09. The van der Waals surface area contributed by atoms with Crippen molar-refractivity contribution in [2.75, 3.05) is 0 Å². The van der Waals surface area contributed by atoms with Crippen LogP contribution in [0.1, 0.15) is 48.5 Å². The minimum atomic E-state index is -0.449. The van der Waals surface area contributed by atoms with Crippen molar-refractivity contribution in [3.8, 4) is 5.75 Å². The largest absolute Gasteiger partial charge is 0.507 e. The summed E-state index contributed by atoms with van der Waals surface area (Å²) in [7, 11) is 0. The number of phenols is 1. The second kappa shape index (κ2) is 5.53. The van der Waals surface area contributed by atoms with Gasteiger partial charge in [0, 0.05) is 3.57 Å². The summed E-state index contributed by atoms with van der Waals surface area (Å²) in [5.74, 6) is -0.502. The molecule has 102 valence electrons. The minimum absolute atomic E-state index is 0.0538. The van der Waals surface area contributed by atoms with E-state index in [4.69, 9.17) is 4.74 Å². The van der Waals surface area contributed by atoms with Crippen molar-refractivity contribution in [1.29, 1.82) is 0 Å². The maximum Gasteiger partial charge on any atom is 0.342 e. The Bertz CT molecular complexity index is 516. The number of ether oxygens (including phenoxy) is 1. The Hall–Kier alpha value is -1.04. The van der Waals surface area contributed by atoms with E-state index in [0.29, 0.717) is 0 Å². The molecule has 0 saturated heterocycles. The number of halogens is 1. The van der Waals surface area contributed by atoms with E-state index in [1.54, 1.807) is 18.2 Å². The second-order valence-electron chi connectivity index (χ2n) is 5.14. The number of carbonyl (C=O) groups excluding carboxylic acids is 1. The third-order valence-corrected chi connectivity index (χ3v) is 4.49. The van der Waals surface area contributed by atoms with Crippen LogP contribution in [0.15, 0.2) is 18.7 Å². The van der Waals surface area contributed by atoms with Gasteiger partial charge in [-0.25, -0.2) is 4.79 Å². The van der Waals surface area contributed by atoms with Gasteiger partial charge >= 0.3 is 5.97 Å². The van der Waals surface area contributed by atoms with Gasteiger partial charge in [-0.05, 0) is 72.9 Å². The van der Waals surface area contributed by atoms with Gasteiger partial charge in [-0.2, -0.15) is 0 Å². The predicted octanol–water partition coefficient (Wildman–Crippen LogP) is 4.13. The lowest BCUT2D eigenvalue weighted by Gasteiger charge is -2.24. The van der Waals surface area contributed by atoms with Crippen molar-refractivity contribution in [2.24, 2.45) is 0 Å². The van der Waals surface area contributed by atoms with Gasteiger partial charge in [-0.3, -0.25) is 0 Å². The molecule has 0 heterocycles. The molecule has 1 aliphatic rings. The third kappa shape index (κ3) is 3.11. The first-order chi connectivity index (χ1) is 8.95. The summed E-state index contributed by atoms with van der Waals surface area (Å²) in [4.78, 5) is 12.2. The molecular weight excluding hydrogens is 355 g/mol. The van der Waals surface area contributed by atoms with Crippen molar-refractivity contribution in [1.82, 2.24) is 0 Å². The molecule has 0 amide bonds. The summed E-state index contributed by atoms with van der Waals surface area (Å²) in [6.45, 7) is 5.63. The van der Waals surface area contributed by atoms with E-state index in [1.165, 1.54) is 0 Å². The minimum Gasteiger partial charge on any atom is -0.507 e. The Morgan fingerprint density at radius 1 is 1.47 bits per heavy atom. The average Bonchev–Trinajstić information content (AvgIpc) is 2.78. The van der Waals surface area contributed by atoms with Crippen LogP contribution in [0.3, 0.4) is 0 Å². The average molecular weight is 372 g/mol. The number of esters is 1. The molecule has 0 bridgehead atoms. The Labute approximate surface area is 126 Å². The molecule has 1 aliphatic carbocycles.